The highest BCUT2D eigenvalue weighted by atomic mass is 79.9. The molecule has 4 aromatic rings. The van der Waals surface area contributed by atoms with Crippen LogP contribution in [0.3, 0.4) is 0 Å². The average Bonchev–Trinajstić information content (AvgIpc) is 3.23. The van der Waals surface area contributed by atoms with Crippen molar-refractivity contribution in [2.45, 2.75) is 6.92 Å². The molecular formula is C23H15BrN2O3S. The normalized spacial score (nSPS) is 11.4. The van der Waals surface area contributed by atoms with Gasteiger partial charge in [-0.25, -0.2) is 9.78 Å². The minimum Gasteiger partial charge on any atom is -0.490 e. The lowest BCUT2D eigenvalue weighted by Crippen LogP contribution is -2.04. The summed E-state index contributed by atoms with van der Waals surface area (Å²) < 4.78 is 12.0. The van der Waals surface area contributed by atoms with Gasteiger partial charge in [-0.05, 0) is 42.8 Å². The zero-order valence-electron chi connectivity index (χ0n) is 15.9. The van der Waals surface area contributed by atoms with Crippen molar-refractivity contribution < 1.29 is 9.15 Å². The van der Waals surface area contributed by atoms with Gasteiger partial charge in [0, 0.05) is 15.2 Å². The van der Waals surface area contributed by atoms with Crippen LogP contribution in [0.1, 0.15) is 17.5 Å². The molecule has 0 aliphatic rings. The molecular weight excluding hydrogens is 464 g/mol. The summed E-state index contributed by atoms with van der Waals surface area (Å²) in [6.45, 7) is 2.35. The molecule has 0 saturated heterocycles. The number of benzene rings is 2. The average molecular weight is 479 g/mol. The van der Waals surface area contributed by atoms with Crippen LogP contribution in [-0.4, -0.2) is 11.6 Å². The highest BCUT2D eigenvalue weighted by Crippen LogP contribution is 2.30. The van der Waals surface area contributed by atoms with Crippen LogP contribution in [0.15, 0.2) is 67.6 Å². The van der Waals surface area contributed by atoms with Crippen molar-refractivity contribution in [2.75, 3.05) is 6.61 Å². The Kier molecular flexibility index (Phi) is 5.79. The Bertz CT molecular complexity index is 1350. The Hall–Kier alpha value is -3.21. The number of hydrogen-bond acceptors (Lipinski definition) is 6. The van der Waals surface area contributed by atoms with Crippen molar-refractivity contribution >= 4 is 49.9 Å². The summed E-state index contributed by atoms with van der Waals surface area (Å²) in [7, 11) is 0. The Morgan fingerprint density at radius 2 is 2.10 bits per heavy atom. The van der Waals surface area contributed by atoms with Crippen molar-refractivity contribution in [3.8, 4) is 23.1 Å². The van der Waals surface area contributed by atoms with Gasteiger partial charge in [-0.15, -0.1) is 11.3 Å². The van der Waals surface area contributed by atoms with Crippen LogP contribution in [0.25, 0.3) is 33.9 Å². The van der Waals surface area contributed by atoms with Crippen molar-refractivity contribution in [3.05, 3.63) is 79.4 Å². The monoisotopic (exact) mass is 478 g/mol. The van der Waals surface area contributed by atoms with Gasteiger partial charge in [-0.3, -0.25) is 0 Å². The van der Waals surface area contributed by atoms with E-state index in [0.29, 0.717) is 39.8 Å². The molecule has 2 aromatic carbocycles. The second kappa shape index (κ2) is 8.66. The summed E-state index contributed by atoms with van der Waals surface area (Å²) in [5.41, 5.74) is 2.06. The number of thiazole rings is 1. The third-order valence-corrected chi connectivity index (χ3v) is 5.74. The molecule has 0 unspecified atom stereocenters. The first kappa shape index (κ1) is 20.1. The van der Waals surface area contributed by atoms with E-state index in [4.69, 9.17) is 9.15 Å². The van der Waals surface area contributed by atoms with E-state index >= 15 is 0 Å². The third-order valence-electron chi connectivity index (χ3n) is 4.34. The molecule has 7 heteroatoms. The van der Waals surface area contributed by atoms with Crippen molar-refractivity contribution in [1.29, 1.82) is 5.26 Å². The van der Waals surface area contributed by atoms with Crippen LogP contribution in [0, 0.1) is 11.3 Å². The number of fused-ring (bicyclic) bond motifs is 1. The van der Waals surface area contributed by atoms with Gasteiger partial charge in [0.2, 0.25) is 0 Å². The second-order valence-electron chi connectivity index (χ2n) is 6.31. The van der Waals surface area contributed by atoms with Crippen LogP contribution in [0.4, 0.5) is 0 Å². The maximum absolute atomic E-state index is 12.6. The number of aromatic nitrogens is 1. The lowest BCUT2D eigenvalue weighted by molar-refractivity contribution is 0.337. The highest BCUT2D eigenvalue weighted by molar-refractivity contribution is 9.10. The summed E-state index contributed by atoms with van der Waals surface area (Å²) >= 11 is 4.71. The number of allylic oxidation sites excluding steroid dienone is 1. The molecule has 4 rings (SSSR count). The summed E-state index contributed by atoms with van der Waals surface area (Å²) in [4.78, 5) is 17.1. The maximum Gasteiger partial charge on any atom is 0.345 e. The molecule has 2 aromatic heterocycles. The molecule has 0 saturated carbocycles. The fourth-order valence-electron chi connectivity index (χ4n) is 2.95. The van der Waals surface area contributed by atoms with Gasteiger partial charge >= 0.3 is 5.63 Å². The van der Waals surface area contributed by atoms with Crippen LogP contribution < -0.4 is 10.4 Å². The van der Waals surface area contributed by atoms with Gasteiger partial charge in [0.05, 0.1) is 23.4 Å². The molecule has 0 aliphatic carbocycles. The lowest BCUT2D eigenvalue weighted by atomic mass is 10.1. The summed E-state index contributed by atoms with van der Waals surface area (Å²) in [6, 6.07) is 17.0. The first-order valence-corrected chi connectivity index (χ1v) is 10.8. The molecule has 0 bridgehead atoms. The molecule has 0 fully saturated rings. The second-order valence-corrected chi connectivity index (χ2v) is 8.09. The topological polar surface area (TPSA) is 76.1 Å². The number of nitrogens with zero attached hydrogens (tertiary/aromatic N) is 2. The van der Waals surface area contributed by atoms with Crippen LogP contribution in [0.5, 0.6) is 5.75 Å². The number of nitriles is 1. The summed E-state index contributed by atoms with van der Waals surface area (Å²) in [5.74, 6) is 0.529. The largest absolute Gasteiger partial charge is 0.490 e. The molecule has 0 spiro atoms. The van der Waals surface area contributed by atoms with E-state index < -0.39 is 5.63 Å². The molecule has 0 amide bonds. The number of ether oxygens (including phenoxy) is 1. The predicted octanol–water partition coefficient (Wildman–Crippen LogP) is 6.14. The van der Waals surface area contributed by atoms with E-state index in [-0.39, 0.29) is 0 Å². The summed E-state index contributed by atoms with van der Waals surface area (Å²) in [5, 5.41) is 12.6. The first-order valence-electron chi connectivity index (χ1n) is 9.12. The number of para-hydroxylation sites is 1. The zero-order valence-corrected chi connectivity index (χ0v) is 18.3. The minimum atomic E-state index is -0.498. The Morgan fingerprint density at radius 1 is 1.30 bits per heavy atom. The minimum absolute atomic E-state index is 0.347. The van der Waals surface area contributed by atoms with E-state index in [1.54, 1.807) is 23.6 Å². The summed E-state index contributed by atoms with van der Waals surface area (Å²) in [6.07, 6.45) is 1.77. The third kappa shape index (κ3) is 4.06. The van der Waals surface area contributed by atoms with E-state index in [1.807, 2.05) is 43.3 Å². The molecule has 0 radical (unpaired) electrons. The molecule has 30 heavy (non-hydrogen) atoms. The lowest BCUT2D eigenvalue weighted by Gasteiger charge is -2.06. The Morgan fingerprint density at radius 3 is 2.83 bits per heavy atom. The maximum atomic E-state index is 12.6. The van der Waals surface area contributed by atoms with Crippen LogP contribution >= 0.6 is 27.3 Å². The first-order chi connectivity index (χ1) is 14.6. The standard InChI is InChI=1S/C23H15BrN2O3S/c1-2-28-20-5-3-4-15-11-18(23(27)29-21(15)20)19-13-30-22(26-19)16(12-25)10-14-6-8-17(24)9-7-14/h3-11,13H,2H2,1H3. The van der Waals surface area contributed by atoms with E-state index in [1.165, 1.54) is 11.3 Å². The van der Waals surface area contributed by atoms with Gasteiger partial charge in [0.25, 0.3) is 0 Å². The van der Waals surface area contributed by atoms with Crippen LogP contribution in [-0.2, 0) is 0 Å². The fourth-order valence-corrected chi connectivity index (χ4v) is 4.00. The number of hydrogen-bond donors (Lipinski definition) is 0. The Labute approximate surface area is 185 Å². The molecule has 0 aliphatic heterocycles. The predicted molar refractivity (Wildman–Crippen MR) is 122 cm³/mol. The Balaban J connectivity index is 1.74. The molecule has 5 nitrogen and oxygen atoms in total. The van der Waals surface area contributed by atoms with E-state index in [9.17, 15) is 10.1 Å². The van der Waals surface area contributed by atoms with Crippen molar-refractivity contribution in [3.63, 3.8) is 0 Å². The molecule has 2 heterocycles. The van der Waals surface area contributed by atoms with Gasteiger partial charge in [0.1, 0.15) is 11.1 Å². The fraction of sp³-hybridized carbons (Fsp3) is 0.0870. The van der Waals surface area contributed by atoms with Gasteiger partial charge in [-0.1, -0.05) is 40.2 Å². The number of halogens is 1. The zero-order chi connectivity index (χ0) is 21.1. The van der Waals surface area contributed by atoms with Gasteiger partial charge in [0.15, 0.2) is 11.3 Å². The molecule has 148 valence electrons. The smallest absolute Gasteiger partial charge is 0.345 e. The van der Waals surface area contributed by atoms with Gasteiger partial charge < -0.3 is 9.15 Å². The van der Waals surface area contributed by atoms with Crippen LogP contribution in [0.2, 0.25) is 0 Å². The number of rotatable bonds is 5. The quantitative estimate of drug-likeness (QED) is 0.254. The molecule has 0 atom stereocenters. The van der Waals surface area contributed by atoms with E-state index in [2.05, 4.69) is 27.0 Å². The van der Waals surface area contributed by atoms with E-state index in [0.717, 1.165) is 15.4 Å². The van der Waals surface area contributed by atoms with Crippen molar-refractivity contribution in [2.24, 2.45) is 0 Å². The van der Waals surface area contributed by atoms with Gasteiger partial charge in [-0.2, -0.15) is 5.26 Å². The molecule has 0 N–H and O–H groups in total. The van der Waals surface area contributed by atoms with Crippen molar-refractivity contribution in [1.82, 2.24) is 4.98 Å². The SMILES string of the molecule is CCOc1cccc2cc(-c3csc(C(C#N)=Cc4ccc(Br)cc4)n3)c(=O)oc12. The highest BCUT2D eigenvalue weighted by Gasteiger charge is 2.15.